The minimum atomic E-state index is -0.170. The molecule has 0 unspecified atom stereocenters. The Morgan fingerprint density at radius 1 is 1.04 bits per heavy atom. The predicted octanol–water partition coefficient (Wildman–Crippen LogP) is 2.25. The van der Waals surface area contributed by atoms with E-state index in [4.69, 9.17) is 0 Å². The van der Waals surface area contributed by atoms with Gasteiger partial charge in [0, 0.05) is 18.5 Å². The van der Waals surface area contributed by atoms with Gasteiger partial charge in [-0.05, 0) is 54.7 Å². The maximum Gasteiger partial charge on any atom is 0.224 e. The number of aromatic nitrogens is 3. The van der Waals surface area contributed by atoms with Gasteiger partial charge in [-0.15, -0.1) is 0 Å². The Kier molecular flexibility index (Phi) is 4.82. The molecule has 27 heavy (non-hydrogen) atoms. The molecule has 0 radical (unpaired) electrons. The van der Waals surface area contributed by atoms with E-state index in [1.54, 1.807) is 4.52 Å². The van der Waals surface area contributed by atoms with Crippen LogP contribution < -0.4 is 10.6 Å². The van der Waals surface area contributed by atoms with Crippen LogP contribution >= 0.6 is 0 Å². The fraction of sp³-hybridized carbons (Fsp3) is 0.300. The molecule has 1 aliphatic rings. The maximum atomic E-state index is 12.1. The minimum absolute atomic E-state index is 0.143. The topological polar surface area (TPSA) is 88.4 Å². The standard InChI is InChI=1S/C20H21N5O2/c26-19(21-12-17-5-2-6-18-22-13-23-25(17)18)9-10-20(27)24-16-8-7-14-3-1-4-15(14)11-16/h2,5-8,11,13H,1,3-4,9-10,12H2,(H,21,26)(H,24,27). The highest BCUT2D eigenvalue weighted by atomic mass is 16.2. The number of hydrogen-bond donors (Lipinski definition) is 2. The number of anilines is 1. The summed E-state index contributed by atoms with van der Waals surface area (Å²) >= 11 is 0. The van der Waals surface area contributed by atoms with E-state index in [1.807, 2.05) is 30.3 Å². The number of hydrogen-bond acceptors (Lipinski definition) is 4. The molecule has 1 aromatic carbocycles. The zero-order chi connectivity index (χ0) is 18.6. The zero-order valence-corrected chi connectivity index (χ0v) is 14.9. The largest absolute Gasteiger partial charge is 0.350 e. The molecule has 138 valence electrons. The molecule has 0 bridgehead atoms. The van der Waals surface area contributed by atoms with E-state index in [1.165, 1.54) is 23.9 Å². The van der Waals surface area contributed by atoms with Crippen molar-refractivity contribution in [1.82, 2.24) is 19.9 Å². The summed E-state index contributed by atoms with van der Waals surface area (Å²) in [5.41, 5.74) is 5.05. The number of fused-ring (bicyclic) bond motifs is 2. The number of nitrogens with zero attached hydrogens (tertiary/aromatic N) is 3. The van der Waals surface area contributed by atoms with Gasteiger partial charge in [-0.3, -0.25) is 9.59 Å². The van der Waals surface area contributed by atoms with Crippen LogP contribution in [-0.4, -0.2) is 26.4 Å². The highest BCUT2D eigenvalue weighted by molar-refractivity contribution is 5.93. The molecule has 7 heteroatoms. The summed E-state index contributed by atoms with van der Waals surface area (Å²) in [7, 11) is 0. The van der Waals surface area contributed by atoms with Crippen LogP contribution in [0.4, 0.5) is 5.69 Å². The predicted molar refractivity (Wildman–Crippen MR) is 101 cm³/mol. The highest BCUT2D eigenvalue weighted by Gasteiger charge is 2.13. The Morgan fingerprint density at radius 3 is 2.81 bits per heavy atom. The van der Waals surface area contributed by atoms with Crippen LogP contribution in [0.2, 0.25) is 0 Å². The summed E-state index contributed by atoms with van der Waals surface area (Å²) in [4.78, 5) is 28.3. The fourth-order valence-corrected chi connectivity index (χ4v) is 3.41. The van der Waals surface area contributed by atoms with Crippen LogP contribution in [0, 0.1) is 0 Å². The van der Waals surface area contributed by atoms with Gasteiger partial charge in [-0.25, -0.2) is 9.50 Å². The molecule has 3 aromatic rings. The van der Waals surface area contributed by atoms with Crippen molar-refractivity contribution in [3.63, 3.8) is 0 Å². The van der Waals surface area contributed by atoms with Crippen LogP contribution in [0.15, 0.2) is 42.7 Å². The summed E-state index contributed by atoms with van der Waals surface area (Å²) in [5, 5.41) is 9.84. The van der Waals surface area contributed by atoms with Crippen LogP contribution in [0.5, 0.6) is 0 Å². The lowest BCUT2D eigenvalue weighted by Gasteiger charge is -2.08. The third kappa shape index (κ3) is 3.97. The molecule has 0 spiro atoms. The van der Waals surface area contributed by atoms with Gasteiger partial charge in [0.05, 0.1) is 12.2 Å². The van der Waals surface area contributed by atoms with Crippen molar-refractivity contribution in [2.75, 3.05) is 5.32 Å². The Morgan fingerprint density at radius 2 is 1.89 bits per heavy atom. The smallest absolute Gasteiger partial charge is 0.224 e. The second-order valence-corrected chi connectivity index (χ2v) is 6.71. The van der Waals surface area contributed by atoms with Crippen LogP contribution in [0.25, 0.3) is 5.65 Å². The maximum absolute atomic E-state index is 12.1. The van der Waals surface area contributed by atoms with E-state index in [0.29, 0.717) is 6.54 Å². The summed E-state index contributed by atoms with van der Waals surface area (Å²) in [5.74, 6) is -0.322. The number of carbonyl (C=O) groups excluding carboxylic acids is 2. The number of pyridine rings is 1. The molecule has 0 saturated heterocycles. The number of amides is 2. The first-order valence-corrected chi connectivity index (χ1v) is 9.15. The third-order valence-electron chi connectivity index (χ3n) is 4.81. The monoisotopic (exact) mass is 363 g/mol. The Bertz CT molecular complexity index is 995. The minimum Gasteiger partial charge on any atom is -0.350 e. The van der Waals surface area contributed by atoms with Gasteiger partial charge in [0.25, 0.3) is 0 Å². The van der Waals surface area contributed by atoms with E-state index in [0.717, 1.165) is 29.9 Å². The highest BCUT2D eigenvalue weighted by Crippen LogP contribution is 2.24. The molecule has 4 rings (SSSR count). The molecule has 0 saturated carbocycles. The van der Waals surface area contributed by atoms with E-state index in [2.05, 4.69) is 26.8 Å². The molecular formula is C20H21N5O2. The lowest BCUT2D eigenvalue weighted by atomic mass is 10.1. The normalized spacial score (nSPS) is 12.7. The molecule has 0 fully saturated rings. The fourth-order valence-electron chi connectivity index (χ4n) is 3.41. The van der Waals surface area contributed by atoms with E-state index in [-0.39, 0.29) is 24.7 Å². The second-order valence-electron chi connectivity index (χ2n) is 6.71. The third-order valence-corrected chi connectivity index (χ3v) is 4.81. The molecule has 1 aliphatic carbocycles. The van der Waals surface area contributed by atoms with Gasteiger partial charge in [-0.2, -0.15) is 5.10 Å². The first-order valence-electron chi connectivity index (χ1n) is 9.15. The molecule has 0 aliphatic heterocycles. The average Bonchev–Trinajstić information content (AvgIpc) is 3.33. The lowest BCUT2D eigenvalue weighted by Crippen LogP contribution is -2.25. The number of benzene rings is 1. The summed E-state index contributed by atoms with van der Waals surface area (Å²) in [6.07, 6.45) is 5.13. The SMILES string of the molecule is O=C(CCC(=O)Nc1ccc2c(c1)CCC2)NCc1cccc2ncnn12. The van der Waals surface area contributed by atoms with Crippen molar-refractivity contribution in [3.8, 4) is 0 Å². The number of aryl methyl sites for hydroxylation is 2. The second kappa shape index (κ2) is 7.57. The first-order chi connectivity index (χ1) is 13.2. The number of nitrogens with one attached hydrogen (secondary N) is 2. The molecular weight excluding hydrogens is 342 g/mol. The number of rotatable bonds is 6. The van der Waals surface area contributed by atoms with Crippen LogP contribution in [0.1, 0.15) is 36.1 Å². The van der Waals surface area contributed by atoms with E-state index < -0.39 is 0 Å². The summed E-state index contributed by atoms with van der Waals surface area (Å²) in [6.45, 7) is 0.339. The Hall–Kier alpha value is -3.22. The van der Waals surface area contributed by atoms with Gasteiger partial charge in [0.2, 0.25) is 11.8 Å². The van der Waals surface area contributed by atoms with Crippen LogP contribution in [0.3, 0.4) is 0 Å². The van der Waals surface area contributed by atoms with Crippen molar-refractivity contribution in [2.24, 2.45) is 0 Å². The number of carbonyl (C=O) groups is 2. The van der Waals surface area contributed by atoms with Crippen molar-refractivity contribution in [3.05, 3.63) is 59.5 Å². The Labute approximate surface area is 156 Å². The van der Waals surface area contributed by atoms with Gasteiger partial charge in [-0.1, -0.05) is 12.1 Å². The summed E-state index contributed by atoms with van der Waals surface area (Å²) < 4.78 is 1.68. The van der Waals surface area contributed by atoms with E-state index in [9.17, 15) is 9.59 Å². The molecule has 2 heterocycles. The van der Waals surface area contributed by atoms with Crippen molar-refractivity contribution in [2.45, 2.75) is 38.6 Å². The lowest BCUT2D eigenvalue weighted by molar-refractivity contribution is -0.124. The van der Waals surface area contributed by atoms with Gasteiger partial charge < -0.3 is 10.6 Å². The van der Waals surface area contributed by atoms with Gasteiger partial charge in [0.15, 0.2) is 5.65 Å². The van der Waals surface area contributed by atoms with Gasteiger partial charge in [0.1, 0.15) is 6.33 Å². The van der Waals surface area contributed by atoms with E-state index >= 15 is 0 Å². The van der Waals surface area contributed by atoms with Crippen molar-refractivity contribution in [1.29, 1.82) is 0 Å². The zero-order valence-electron chi connectivity index (χ0n) is 14.9. The molecule has 7 nitrogen and oxygen atoms in total. The first kappa shape index (κ1) is 17.2. The quantitative estimate of drug-likeness (QED) is 0.703. The van der Waals surface area contributed by atoms with Crippen molar-refractivity contribution >= 4 is 23.1 Å². The molecule has 2 N–H and O–H groups in total. The van der Waals surface area contributed by atoms with Gasteiger partial charge >= 0.3 is 0 Å². The molecule has 2 amide bonds. The average molecular weight is 363 g/mol. The Balaban J connectivity index is 1.25. The van der Waals surface area contributed by atoms with Crippen molar-refractivity contribution < 1.29 is 9.59 Å². The summed E-state index contributed by atoms with van der Waals surface area (Å²) in [6, 6.07) is 11.6. The molecule has 2 aromatic heterocycles. The van der Waals surface area contributed by atoms with Crippen LogP contribution in [-0.2, 0) is 29.0 Å². The molecule has 0 atom stereocenters.